The lowest BCUT2D eigenvalue weighted by Crippen LogP contribution is -2.16. The van der Waals surface area contributed by atoms with E-state index in [4.69, 9.17) is 11.6 Å². The Hall–Kier alpha value is -2.85. The van der Waals surface area contributed by atoms with Crippen molar-refractivity contribution in [1.29, 1.82) is 0 Å². The van der Waals surface area contributed by atoms with Crippen molar-refractivity contribution >= 4 is 34.6 Å². The van der Waals surface area contributed by atoms with E-state index in [1.165, 1.54) is 0 Å². The number of anilines is 3. The van der Waals surface area contributed by atoms with E-state index in [-0.39, 0.29) is 5.91 Å². The van der Waals surface area contributed by atoms with Crippen LogP contribution in [0.2, 0.25) is 5.02 Å². The van der Waals surface area contributed by atoms with Gasteiger partial charge in [-0.05, 0) is 36.4 Å². The first-order chi connectivity index (χ1) is 11.6. The molecule has 0 saturated heterocycles. The van der Waals surface area contributed by atoms with Gasteiger partial charge in [0.2, 0.25) is 0 Å². The molecular weight excluding hydrogens is 322 g/mol. The van der Waals surface area contributed by atoms with Crippen molar-refractivity contribution < 1.29 is 4.79 Å². The minimum atomic E-state index is -0.300. The summed E-state index contributed by atoms with van der Waals surface area (Å²) in [6.45, 7) is 0. The fraction of sp³-hybridized carbons (Fsp3) is 0.0526. The van der Waals surface area contributed by atoms with Gasteiger partial charge in [0.1, 0.15) is 5.69 Å². The molecule has 0 unspecified atom stereocenters. The van der Waals surface area contributed by atoms with Crippen molar-refractivity contribution in [2.45, 2.75) is 0 Å². The third-order valence-electron chi connectivity index (χ3n) is 3.63. The van der Waals surface area contributed by atoms with Gasteiger partial charge in [-0.15, -0.1) is 0 Å². The molecule has 4 nitrogen and oxygen atoms in total. The minimum absolute atomic E-state index is 0.300. The summed E-state index contributed by atoms with van der Waals surface area (Å²) in [5.41, 5.74) is 2.80. The summed E-state index contributed by atoms with van der Waals surface area (Å²) in [6.07, 6.45) is 1.62. The predicted octanol–water partition coefficient (Wildman–Crippen LogP) is 4.76. The summed E-state index contributed by atoms with van der Waals surface area (Å²) < 4.78 is 0. The van der Waals surface area contributed by atoms with E-state index in [1.807, 2.05) is 60.5 Å². The first kappa shape index (κ1) is 16.0. The van der Waals surface area contributed by atoms with Gasteiger partial charge in [0.25, 0.3) is 5.91 Å². The second-order valence-electron chi connectivity index (χ2n) is 5.23. The molecule has 5 heteroatoms. The monoisotopic (exact) mass is 337 g/mol. The number of carbonyl (C=O) groups excluding carboxylic acids is 1. The van der Waals surface area contributed by atoms with E-state index in [9.17, 15) is 4.79 Å². The highest BCUT2D eigenvalue weighted by atomic mass is 35.5. The highest BCUT2D eigenvalue weighted by Gasteiger charge is 2.12. The largest absolute Gasteiger partial charge is 0.345 e. The molecule has 2 aromatic carbocycles. The number of benzene rings is 2. The molecule has 1 N–H and O–H groups in total. The summed E-state index contributed by atoms with van der Waals surface area (Å²) in [5, 5.41) is 3.27. The maximum atomic E-state index is 12.4. The number of aromatic nitrogens is 1. The lowest BCUT2D eigenvalue weighted by atomic mass is 10.2. The summed E-state index contributed by atoms with van der Waals surface area (Å²) in [5.74, 6) is -0.300. The summed E-state index contributed by atoms with van der Waals surface area (Å²) in [4.78, 5) is 18.6. The second-order valence-corrected chi connectivity index (χ2v) is 5.64. The minimum Gasteiger partial charge on any atom is -0.345 e. The topological polar surface area (TPSA) is 45.2 Å². The number of hydrogen-bond acceptors (Lipinski definition) is 3. The number of para-hydroxylation sites is 2. The van der Waals surface area contributed by atoms with Crippen molar-refractivity contribution in [3.8, 4) is 0 Å². The highest BCUT2D eigenvalue weighted by molar-refractivity contribution is 6.33. The molecule has 0 aliphatic carbocycles. The maximum absolute atomic E-state index is 12.4. The molecule has 120 valence electrons. The zero-order valence-electron chi connectivity index (χ0n) is 13.1. The van der Waals surface area contributed by atoms with Crippen LogP contribution in [0.1, 0.15) is 10.5 Å². The number of hydrogen-bond donors (Lipinski definition) is 1. The standard InChI is InChI=1S/C19H16ClN3O/c1-23(14-7-3-2-4-8-14)15-11-12-21-18(13-15)19(24)22-17-10-6-5-9-16(17)20/h2-13H,1H3,(H,22,24). The van der Waals surface area contributed by atoms with Crippen LogP contribution in [0, 0.1) is 0 Å². The molecule has 1 amide bonds. The van der Waals surface area contributed by atoms with Gasteiger partial charge in [-0.2, -0.15) is 0 Å². The third kappa shape index (κ3) is 3.55. The van der Waals surface area contributed by atoms with Crippen molar-refractivity contribution in [3.63, 3.8) is 0 Å². The summed E-state index contributed by atoms with van der Waals surface area (Å²) in [7, 11) is 1.94. The van der Waals surface area contributed by atoms with Gasteiger partial charge in [0.15, 0.2) is 0 Å². The fourth-order valence-electron chi connectivity index (χ4n) is 2.30. The Balaban J connectivity index is 1.83. The fourth-order valence-corrected chi connectivity index (χ4v) is 2.48. The van der Waals surface area contributed by atoms with Crippen LogP contribution in [0.3, 0.4) is 0 Å². The number of carbonyl (C=O) groups is 1. The van der Waals surface area contributed by atoms with Crippen LogP contribution < -0.4 is 10.2 Å². The Bertz CT molecular complexity index is 852. The smallest absolute Gasteiger partial charge is 0.274 e. The van der Waals surface area contributed by atoms with Crippen molar-refractivity contribution in [2.24, 2.45) is 0 Å². The highest BCUT2D eigenvalue weighted by Crippen LogP contribution is 2.24. The van der Waals surface area contributed by atoms with Gasteiger partial charge in [0.05, 0.1) is 10.7 Å². The molecule has 0 spiro atoms. The van der Waals surface area contributed by atoms with Gasteiger partial charge in [0, 0.05) is 24.6 Å². The van der Waals surface area contributed by atoms with Crippen LogP contribution in [0.4, 0.5) is 17.1 Å². The van der Waals surface area contributed by atoms with Crippen LogP contribution in [-0.4, -0.2) is 17.9 Å². The van der Waals surface area contributed by atoms with Crippen LogP contribution in [0.25, 0.3) is 0 Å². The average Bonchev–Trinajstić information content (AvgIpc) is 2.64. The normalized spacial score (nSPS) is 10.2. The zero-order valence-corrected chi connectivity index (χ0v) is 13.9. The van der Waals surface area contributed by atoms with Gasteiger partial charge in [-0.3, -0.25) is 9.78 Å². The molecule has 1 aromatic heterocycles. The molecule has 1 heterocycles. The van der Waals surface area contributed by atoms with Crippen molar-refractivity contribution in [1.82, 2.24) is 4.98 Å². The van der Waals surface area contributed by atoms with Crippen molar-refractivity contribution in [2.75, 3.05) is 17.3 Å². The average molecular weight is 338 g/mol. The maximum Gasteiger partial charge on any atom is 0.274 e. The quantitative estimate of drug-likeness (QED) is 0.746. The van der Waals surface area contributed by atoms with Gasteiger partial charge in [-0.1, -0.05) is 41.9 Å². The van der Waals surface area contributed by atoms with E-state index in [0.29, 0.717) is 16.4 Å². The number of pyridine rings is 1. The lowest BCUT2D eigenvalue weighted by Gasteiger charge is -2.19. The van der Waals surface area contributed by atoms with E-state index in [1.54, 1.807) is 24.4 Å². The zero-order chi connectivity index (χ0) is 16.9. The van der Waals surface area contributed by atoms with Gasteiger partial charge < -0.3 is 10.2 Å². The molecule has 0 radical (unpaired) electrons. The molecule has 0 atom stereocenters. The summed E-state index contributed by atoms with van der Waals surface area (Å²) in [6, 6.07) is 20.6. The van der Waals surface area contributed by atoms with E-state index in [0.717, 1.165) is 11.4 Å². The van der Waals surface area contributed by atoms with Crippen LogP contribution in [0.5, 0.6) is 0 Å². The van der Waals surface area contributed by atoms with Gasteiger partial charge in [-0.25, -0.2) is 0 Å². The van der Waals surface area contributed by atoms with E-state index < -0.39 is 0 Å². The number of amides is 1. The first-order valence-electron chi connectivity index (χ1n) is 7.46. The number of rotatable bonds is 4. The second kappa shape index (κ2) is 7.15. The molecule has 0 bridgehead atoms. The van der Waals surface area contributed by atoms with Crippen LogP contribution >= 0.6 is 11.6 Å². The third-order valence-corrected chi connectivity index (χ3v) is 3.96. The SMILES string of the molecule is CN(c1ccccc1)c1ccnc(C(=O)Nc2ccccc2Cl)c1. The molecular formula is C19H16ClN3O. The summed E-state index contributed by atoms with van der Waals surface area (Å²) >= 11 is 6.07. The predicted molar refractivity (Wildman–Crippen MR) is 98.1 cm³/mol. The Morgan fingerprint density at radius 2 is 1.71 bits per heavy atom. The number of nitrogens with one attached hydrogen (secondary N) is 1. The Morgan fingerprint density at radius 1 is 1.00 bits per heavy atom. The lowest BCUT2D eigenvalue weighted by molar-refractivity contribution is 0.102. The van der Waals surface area contributed by atoms with Crippen LogP contribution in [-0.2, 0) is 0 Å². The number of halogens is 1. The Kier molecular flexibility index (Phi) is 4.77. The molecule has 24 heavy (non-hydrogen) atoms. The molecule has 0 fully saturated rings. The van der Waals surface area contributed by atoms with E-state index in [2.05, 4.69) is 10.3 Å². The molecule has 0 aliphatic heterocycles. The van der Waals surface area contributed by atoms with E-state index >= 15 is 0 Å². The first-order valence-corrected chi connectivity index (χ1v) is 7.83. The van der Waals surface area contributed by atoms with Crippen molar-refractivity contribution in [3.05, 3.63) is 83.6 Å². The Labute approximate surface area is 145 Å². The molecule has 3 rings (SSSR count). The van der Waals surface area contributed by atoms with Crippen LogP contribution in [0.15, 0.2) is 72.9 Å². The number of nitrogens with zero attached hydrogens (tertiary/aromatic N) is 2. The molecule has 0 aliphatic rings. The van der Waals surface area contributed by atoms with Gasteiger partial charge >= 0.3 is 0 Å². The Morgan fingerprint density at radius 3 is 2.46 bits per heavy atom. The molecule has 3 aromatic rings. The molecule has 0 saturated carbocycles.